The van der Waals surface area contributed by atoms with Crippen molar-refractivity contribution in [2.75, 3.05) is 12.9 Å². The second-order valence-corrected chi connectivity index (χ2v) is 8.06. The molecule has 0 fully saturated rings. The topological polar surface area (TPSA) is 78.1 Å². The van der Waals surface area contributed by atoms with Crippen molar-refractivity contribution in [1.82, 2.24) is 15.1 Å². The van der Waals surface area contributed by atoms with Crippen LogP contribution in [0.15, 0.2) is 63.7 Å². The van der Waals surface area contributed by atoms with E-state index in [9.17, 15) is 4.79 Å². The Morgan fingerprint density at radius 3 is 2.86 bits per heavy atom. The van der Waals surface area contributed by atoms with E-state index in [2.05, 4.69) is 10.1 Å². The summed E-state index contributed by atoms with van der Waals surface area (Å²) in [5.74, 6) is 1.50. The Bertz CT molecular complexity index is 1140. The number of rotatable bonds is 7. The first-order chi connectivity index (χ1) is 14.1. The summed E-state index contributed by atoms with van der Waals surface area (Å²) in [6, 6.07) is 12.9. The fraction of sp³-hybridized carbons (Fsp3) is 0.143. The van der Waals surface area contributed by atoms with Gasteiger partial charge in [0, 0.05) is 17.8 Å². The molecule has 3 aromatic heterocycles. The van der Waals surface area contributed by atoms with Gasteiger partial charge in [-0.15, -0.1) is 11.3 Å². The molecule has 0 N–H and O–H groups in total. The molecule has 0 aliphatic heterocycles. The Labute approximate surface area is 176 Å². The molecule has 0 radical (unpaired) electrons. The number of aryl methyl sites for hydroxylation is 1. The van der Waals surface area contributed by atoms with E-state index in [4.69, 9.17) is 14.2 Å². The van der Waals surface area contributed by atoms with Crippen LogP contribution in [0.2, 0.25) is 0 Å². The SMILES string of the molecule is COc1cccc(C(=O)CSc2ncc(-c3cc(C)no3)c(-c3cccs3)n2)c1. The Hall–Kier alpha value is -2.97. The summed E-state index contributed by atoms with van der Waals surface area (Å²) in [7, 11) is 1.58. The molecule has 4 aromatic rings. The van der Waals surface area contributed by atoms with Gasteiger partial charge in [-0.1, -0.05) is 35.1 Å². The highest BCUT2D eigenvalue weighted by molar-refractivity contribution is 7.99. The van der Waals surface area contributed by atoms with E-state index < -0.39 is 0 Å². The Kier molecular flexibility index (Phi) is 5.73. The maximum absolute atomic E-state index is 12.5. The predicted molar refractivity (Wildman–Crippen MR) is 114 cm³/mol. The monoisotopic (exact) mass is 423 g/mol. The van der Waals surface area contributed by atoms with E-state index in [1.165, 1.54) is 11.8 Å². The van der Waals surface area contributed by atoms with Crippen molar-refractivity contribution in [3.8, 4) is 27.6 Å². The first-order valence-electron chi connectivity index (χ1n) is 8.78. The van der Waals surface area contributed by atoms with Gasteiger partial charge in [0.1, 0.15) is 5.75 Å². The number of nitrogens with zero attached hydrogens (tertiary/aromatic N) is 3. The predicted octanol–water partition coefficient (Wildman–Crippen LogP) is 5.15. The van der Waals surface area contributed by atoms with Crippen LogP contribution in [-0.2, 0) is 0 Å². The van der Waals surface area contributed by atoms with Gasteiger partial charge in [-0.3, -0.25) is 4.79 Å². The summed E-state index contributed by atoms with van der Waals surface area (Å²) in [5, 5.41) is 6.48. The zero-order valence-electron chi connectivity index (χ0n) is 15.8. The molecule has 146 valence electrons. The van der Waals surface area contributed by atoms with E-state index >= 15 is 0 Å². The fourth-order valence-corrected chi connectivity index (χ4v) is 4.16. The number of ketones is 1. The smallest absolute Gasteiger partial charge is 0.188 e. The Morgan fingerprint density at radius 1 is 1.24 bits per heavy atom. The molecule has 0 aliphatic rings. The molecule has 1 aromatic carbocycles. The molecule has 6 nitrogen and oxygen atoms in total. The highest BCUT2D eigenvalue weighted by atomic mass is 32.2. The highest BCUT2D eigenvalue weighted by Gasteiger charge is 2.17. The van der Waals surface area contributed by atoms with Crippen LogP contribution in [0, 0.1) is 6.92 Å². The van der Waals surface area contributed by atoms with Crippen LogP contribution < -0.4 is 4.74 Å². The summed E-state index contributed by atoms with van der Waals surface area (Å²) >= 11 is 2.89. The minimum atomic E-state index is -0.00916. The van der Waals surface area contributed by atoms with Gasteiger partial charge >= 0.3 is 0 Å². The second-order valence-electron chi connectivity index (χ2n) is 6.17. The van der Waals surface area contributed by atoms with Crippen LogP contribution in [0.25, 0.3) is 21.9 Å². The van der Waals surface area contributed by atoms with Crippen molar-refractivity contribution in [1.29, 1.82) is 0 Å². The minimum Gasteiger partial charge on any atom is -0.497 e. The molecule has 3 heterocycles. The van der Waals surface area contributed by atoms with Gasteiger partial charge < -0.3 is 9.26 Å². The first-order valence-corrected chi connectivity index (χ1v) is 10.6. The lowest BCUT2D eigenvalue weighted by atomic mass is 10.1. The van der Waals surface area contributed by atoms with Crippen molar-refractivity contribution in [3.63, 3.8) is 0 Å². The summed E-state index contributed by atoms with van der Waals surface area (Å²) in [6.45, 7) is 1.87. The average Bonchev–Trinajstić information content (AvgIpc) is 3.44. The summed E-state index contributed by atoms with van der Waals surface area (Å²) in [5.41, 5.74) is 2.93. The van der Waals surface area contributed by atoms with Crippen LogP contribution >= 0.6 is 23.1 Å². The average molecular weight is 424 g/mol. The van der Waals surface area contributed by atoms with Crippen LogP contribution in [0.3, 0.4) is 0 Å². The van der Waals surface area contributed by atoms with Crippen molar-refractivity contribution in [3.05, 3.63) is 65.3 Å². The number of thiophene rings is 1. The van der Waals surface area contributed by atoms with E-state index in [1.54, 1.807) is 42.8 Å². The van der Waals surface area contributed by atoms with Crippen molar-refractivity contribution < 1.29 is 14.1 Å². The lowest BCUT2D eigenvalue weighted by Crippen LogP contribution is -2.04. The maximum atomic E-state index is 12.5. The molecule has 0 bridgehead atoms. The van der Waals surface area contributed by atoms with Crippen molar-refractivity contribution in [2.24, 2.45) is 0 Å². The highest BCUT2D eigenvalue weighted by Crippen LogP contribution is 2.34. The number of carbonyl (C=O) groups excluding carboxylic acids is 1. The summed E-state index contributed by atoms with van der Waals surface area (Å²) in [6.07, 6.45) is 1.72. The molecule has 0 atom stereocenters. The van der Waals surface area contributed by atoms with Gasteiger partial charge in [-0.25, -0.2) is 9.97 Å². The van der Waals surface area contributed by atoms with Crippen LogP contribution in [-0.4, -0.2) is 33.8 Å². The molecular formula is C21H17N3O3S2. The normalized spacial score (nSPS) is 10.8. The number of hydrogen-bond acceptors (Lipinski definition) is 8. The lowest BCUT2D eigenvalue weighted by molar-refractivity contribution is 0.102. The van der Waals surface area contributed by atoms with E-state index in [-0.39, 0.29) is 11.5 Å². The Balaban J connectivity index is 1.58. The molecule has 4 rings (SSSR count). The molecule has 29 heavy (non-hydrogen) atoms. The van der Waals surface area contributed by atoms with Gasteiger partial charge in [0.15, 0.2) is 16.7 Å². The lowest BCUT2D eigenvalue weighted by Gasteiger charge is -2.07. The van der Waals surface area contributed by atoms with Gasteiger partial charge in [0.25, 0.3) is 0 Å². The molecule has 0 spiro atoms. The van der Waals surface area contributed by atoms with Gasteiger partial charge in [-0.2, -0.15) is 0 Å². The van der Waals surface area contributed by atoms with E-state index in [0.717, 1.165) is 21.8 Å². The van der Waals surface area contributed by atoms with Crippen molar-refractivity contribution >= 4 is 28.9 Å². The van der Waals surface area contributed by atoms with Crippen LogP contribution in [0.5, 0.6) is 5.75 Å². The zero-order chi connectivity index (χ0) is 20.2. The number of carbonyl (C=O) groups is 1. The first kappa shape index (κ1) is 19.4. The number of ether oxygens (including phenoxy) is 1. The molecule has 0 saturated heterocycles. The molecule has 0 unspecified atom stereocenters. The molecule has 0 amide bonds. The molecule has 0 saturated carbocycles. The third-order valence-electron chi connectivity index (χ3n) is 4.14. The molecule has 8 heteroatoms. The number of methoxy groups -OCH3 is 1. The van der Waals surface area contributed by atoms with Gasteiger partial charge in [0.2, 0.25) is 0 Å². The Morgan fingerprint density at radius 2 is 2.14 bits per heavy atom. The standard InChI is InChI=1S/C21H17N3O3S2/c1-13-9-18(27-24-13)16-11-22-21(23-20(16)19-7-4-8-28-19)29-12-17(25)14-5-3-6-15(10-14)26-2/h3-11H,12H2,1-2H3. The number of aromatic nitrogens is 3. The van der Waals surface area contributed by atoms with E-state index in [1.807, 2.05) is 36.6 Å². The van der Waals surface area contributed by atoms with E-state index in [0.29, 0.717) is 22.2 Å². The molecular weight excluding hydrogens is 406 g/mol. The number of Topliss-reactive ketones (excluding diaryl/α,β-unsaturated/α-hetero) is 1. The molecule has 0 aliphatic carbocycles. The number of hydrogen-bond donors (Lipinski definition) is 0. The van der Waals surface area contributed by atoms with Crippen LogP contribution in [0.1, 0.15) is 16.1 Å². The largest absolute Gasteiger partial charge is 0.497 e. The van der Waals surface area contributed by atoms with Gasteiger partial charge in [0.05, 0.1) is 34.7 Å². The maximum Gasteiger partial charge on any atom is 0.188 e. The summed E-state index contributed by atoms with van der Waals surface area (Å²) < 4.78 is 10.6. The minimum absolute atomic E-state index is 0.00916. The fourth-order valence-electron chi connectivity index (χ4n) is 2.72. The van der Waals surface area contributed by atoms with Crippen molar-refractivity contribution in [2.45, 2.75) is 12.1 Å². The number of thioether (sulfide) groups is 1. The number of benzene rings is 1. The quantitative estimate of drug-likeness (QED) is 0.231. The van der Waals surface area contributed by atoms with Gasteiger partial charge in [-0.05, 0) is 30.5 Å². The summed E-state index contributed by atoms with van der Waals surface area (Å²) in [4.78, 5) is 22.7. The third kappa shape index (κ3) is 4.38. The third-order valence-corrected chi connectivity index (χ3v) is 5.88. The zero-order valence-corrected chi connectivity index (χ0v) is 17.4. The van der Waals surface area contributed by atoms with Crippen LogP contribution in [0.4, 0.5) is 0 Å². The second kappa shape index (κ2) is 8.59.